The molecular weight excluding hydrogens is 520 g/mol. The molecule has 13 heteroatoms. The molecule has 10 unspecified atom stereocenters. The fourth-order valence-electron chi connectivity index (χ4n) is 4.97. The summed E-state index contributed by atoms with van der Waals surface area (Å²) in [5.74, 6) is -0.431. The lowest BCUT2D eigenvalue weighted by Crippen LogP contribution is -2.65. The lowest BCUT2D eigenvalue weighted by atomic mass is 9.97. The van der Waals surface area contributed by atoms with E-state index in [1.165, 1.54) is 18.2 Å². The lowest BCUT2D eigenvalue weighted by Gasteiger charge is -2.45. The van der Waals surface area contributed by atoms with Gasteiger partial charge < -0.3 is 64.9 Å². The molecule has 0 saturated carbocycles. The van der Waals surface area contributed by atoms with Crippen molar-refractivity contribution in [3.05, 3.63) is 42.5 Å². The van der Waals surface area contributed by atoms with Gasteiger partial charge in [-0.2, -0.15) is 0 Å². The molecule has 0 aromatic heterocycles. The largest absolute Gasteiger partial charge is 0.508 e. The first kappa shape index (κ1) is 27.7. The molecule has 3 aromatic rings. The van der Waals surface area contributed by atoms with Gasteiger partial charge in [0.25, 0.3) is 0 Å². The van der Waals surface area contributed by atoms with E-state index in [0.717, 1.165) is 5.39 Å². The van der Waals surface area contributed by atoms with Crippen molar-refractivity contribution in [1.82, 2.24) is 0 Å². The molecule has 2 heterocycles. The third-order valence-corrected chi connectivity index (χ3v) is 7.13. The van der Waals surface area contributed by atoms with Crippen LogP contribution >= 0.6 is 0 Å². The summed E-state index contributed by atoms with van der Waals surface area (Å²) in [6.07, 6.45) is -16.1. The molecule has 5 rings (SSSR count). The van der Waals surface area contributed by atoms with Gasteiger partial charge in [-0.3, -0.25) is 0 Å². The second-order valence-corrected chi connectivity index (χ2v) is 9.60. The first-order valence-corrected chi connectivity index (χ1v) is 12.3. The molecule has 0 bridgehead atoms. The summed E-state index contributed by atoms with van der Waals surface area (Å²) in [5.41, 5.74) is 0. The predicted octanol–water partition coefficient (Wildman–Crippen LogP) is -1.59. The Morgan fingerprint density at radius 3 is 2.00 bits per heavy atom. The van der Waals surface area contributed by atoms with Crippen LogP contribution in [0, 0.1) is 0 Å². The van der Waals surface area contributed by atoms with E-state index < -0.39 is 74.6 Å². The zero-order chi connectivity index (χ0) is 28.0. The molecule has 2 aliphatic heterocycles. The Kier molecular flexibility index (Phi) is 7.81. The fourth-order valence-corrected chi connectivity index (χ4v) is 4.97. The van der Waals surface area contributed by atoms with Gasteiger partial charge in [0.1, 0.15) is 54.6 Å². The van der Waals surface area contributed by atoms with Crippen LogP contribution in [0.15, 0.2) is 42.5 Å². The van der Waals surface area contributed by atoms with Crippen LogP contribution in [0.3, 0.4) is 0 Å². The highest BCUT2D eigenvalue weighted by Crippen LogP contribution is 2.41. The van der Waals surface area contributed by atoms with Gasteiger partial charge in [-0.25, -0.2) is 0 Å². The van der Waals surface area contributed by atoms with Crippen LogP contribution in [-0.2, 0) is 14.2 Å². The van der Waals surface area contributed by atoms with Crippen molar-refractivity contribution in [1.29, 1.82) is 0 Å². The van der Waals surface area contributed by atoms with Gasteiger partial charge in [-0.15, -0.1) is 0 Å². The zero-order valence-corrected chi connectivity index (χ0v) is 20.4. The molecule has 2 fully saturated rings. The minimum absolute atomic E-state index is 0.00823. The summed E-state index contributed by atoms with van der Waals surface area (Å²) in [5, 5.41) is 94.4. The van der Waals surface area contributed by atoms with Gasteiger partial charge >= 0.3 is 0 Å². The maximum atomic E-state index is 11.0. The predicted molar refractivity (Wildman–Crippen MR) is 132 cm³/mol. The van der Waals surface area contributed by atoms with Crippen LogP contribution in [0.25, 0.3) is 21.5 Å². The molecule has 0 aliphatic carbocycles. The smallest absolute Gasteiger partial charge is 0.229 e. The first-order valence-electron chi connectivity index (χ1n) is 12.3. The number of ether oxygens (including phenoxy) is 4. The molecule has 2 aliphatic rings. The van der Waals surface area contributed by atoms with Crippen molar-refractivity contribution in [3.8, 4) is 17.2 Å². The van der Waals surface area contributed by atoms with Crippen LogP contribution in [0.4, 0.5) is 0 Å². The third kappa shape index (κ3) is 4.98. The topological polar surface area (TPSA) is 219 Å². The first-order chi connectivity index (χ1) is 18.6. The minimum Gasteiger partial charge on any atom is -0.508 e. The number of rotatable bonds is 6. The van der Waals surface area contributed by atoms with E-state index in [9.17, 15) is 46.0 Å². The van der Waals surface area contributed by atoms with Crippen molar-refractivity contribution in [3.63, 3.8) is 0 Å². The number of benzene rings is 3. The van der Waals surface area contributed by atoms with Gasteiger partial charge in [0, 0.05) is 5.39 Å². The number of aliphatic hydroxyl groups is 7. The highest BCUT2D eigenvalue weighted by atomic mass is 16.7. The van der Waals surface area contributed by atoms with Crippen LogP contribution in [0.5, 0.6) is 17.2 Å². The maximum Gasteiger partial charge on any atom is 0.229 e. The van der Waals surface area contributed by atoms with Crippen molar-refractivity contribution >= 4 is 21.5 Å². The zero-order valence-electron chi connectivity index (χ0n) is 20.4. The molecule has 13 nitrogen and oxygen atoms in total. The normalized spacial score (nSPS) is 35.4. The Hall–Kier alpha value is -2.82. The number of aliphatic hydroxyl groups excluding tert-OH is 7. The second kappa shape index (κ2) is 11.0. The lowest BCUT2D eigenvalue weighted by molar-refractivity contribution is -0.352. The third-order valence-electron chi connectivity index (χ3n) is 7.13. The fraction of sp³-hybridized carbons (Fsp3) is 0.462. The Morgan fingerprint density at radius 2 is 1.28 bits per heavy atom. The van der Waals surface area contributed by atoms with Gasteiger partial charge in [-0.05, 0) is 34.4 Å². The Balaban J connectivity index is 1.38. The van der Waals surface area contributed by atoms with Gasteiger partial charge in [0.05, 0.1) is 13.2 Å². The van der Waals surface area contributed by atoms with E-state index in [4.69, 9.17) is 18.9 Å². The standard InChI is InChI=1S/C26H30O13/c27-8-15-19(31)20(32)22(34)26(37-15)39-24-16(9-28)38-25(23(35)21(24)33)36-14-6-4-11-2-1-10-3-5-12(29)7-13(10)17(11)18(14)30/h1-7,15-16,19-35H,8-9H2. The molecule has 0 radical (unpaired) electrons. The average molecular weight is 551 g/mol. The molecule has 212 valence electrons. The molecule has 9 N–H and O–H groups in total. The summed E-state index contributed by atoms with van der Waals surface area (Å²) >= 11 is 0. The summed E-state index contributed by atoms with van der Waals surface area (Å²) in [6.45, 7) is -1.44. The van der Waals surface area contributed by atoms with Crippen molar-refractivity contribution in [2.45, 2.75) is 61.4 Å². The molecule has 0 amide bonds. The van der Waals surface area contributed by atoms with E-state index >= 15 is 0 Å². The monoisotopic (exact) mass is 550 g/mol. The van der Waals surface area contributed by atoms with Crippen LogP contribution in [0.2, 0.25) is 0 Å². The number of hydrogen-bond acceptors (Lipinski definition) is 13. The van der Waals surface area contributed by atoms with E-state index in [2.05, 4.69) is 0 Å². The summed E-state index contributed by atoms with van der Waals surface area (Å²) in [7, 11) is 0. The number of phenolic OH excluding ortho intramolecular Hbond substituents is 2. The Labute approximate surface area is 221 Å². The number of phenols is 2. The van der Waals surface area contributed by atoms with Crippen molar-refractivity contribution in [2.75, 3.05) is 13.2 Å². The van der Waals surface area contributed by atoms with Crippen molar-refractivity contribution in [2.24, 2.45) is 0 Å². The van der Waals surface area contributed by atoms with Gasteiger partial charge in [-0.1, -0.05) is 24.3 Å². The SMILES string of the molecule is OCC1OC(OC2C(CO)OC(Oc3ccc4ccc5ccc(O)cc5c4c3O)C(O)C2O)C(O)C(O)C1O. The summed E-state index contributed by atoms with van der Waals surface area (Å²) in [4.78, 5) is 0. The average Bonchev–Trinajstić information content (AvgIpc) is 2.93. The Morgan fingerprint density at radius 1 is 0.667 bits per heavy atom. The van der Waals surface area contributed by atoms with E-state index in [-0.39, 0.29) is 17.2 Å². The maximum absolute atomic E-state index is 11.0. The quantitative estimate of drug-likeness (QED) is 0.158. The molecule has 3 aromatic carbocycles. The number of hydrogen-bond donors (Lipinski definition) is 9. The number of fused-ring (bicyclic) bond motifs is 3. The highest BCUT2D eigenvalue weighted by Gasteiger charge is 2.51. The molecule has 0 spiro atoms. The summed E-state index contributed by atoms with van der Waals surface area (Å²) < 4.78 is 22.2. The Bertz CT molecular complexity index is 1310. The van der Waals surface area contributed by atoms with Gasteiger partial charge in [0.2, 0.25) is 6.29 Å². The molecule has 2 saturated heterocycles. The number of aromatic hydroxyl groups is 2. The van der Waals surface area contributed by atoms with E-state index in [1.807, 2.05) is 6.07 Å². The molecule has 39 heavy (non-hydrogen) atoms. The van der Waals surface area contributed by atoms with Crippen molar-refractivity contribution < 1.29 is 64.9 Å². The van der Waals surface area contributed by atoms with Crippen LogP contribution in [-0.4, -0.2) is 121 Å². The highest BCUT2D eigenvalue weighted by molar-refractivity contribution is 6.11. The van der Waals surface area contributed by atoms with Crippen LogP contribution < -0.4 is 4.74 Å². The van der Waals surface area contributed by atoms with E-state index in [0.29, 0.717) is 16.2 Å². The second-order valence-electron chi connectivity index (χ2n) is 9.60. The molecule has 10 atom stereocenters. The van der Waals surface area contributed by atoms with Gasteiger partial charge in [0.15, 0.2) is 17.8 Å². The molecular formula is C26H30O13. The summed E-state index contributed by atoms with van der Waals surface area (Å²) in [6, 6.07) is 11.4. The van der Waals surface area contributed by atoms with E-state index in [1.54, 1.807) is 18.2 Å². The van der Waals surface area contributed by atoms with Crippen LogP contribution in [0.1, 0.15) is 0 Å². The minimum atomic E-state index is -1.79.